The number of carbonyl (C=O) groups is 1. The van der Waals surface area contributed by atoms with Crippen molar-refractivity contribution < 1.29 is 19.7 Å². The number of hydrogen-bond acceptors (Lipinski definition) is 4. The summed E-state index contributed by atoms with van der Waals surface area (Å²) in [5, 5.41) is 18.7. The standard InChI is InChI=1S/C10H12O4/c1-6-8(11)3-7(4-9(6)12)5-10(13)14-2/h3-4,11-12H,5H2,1-2H3. The summed E-state index contributed by atoms with van der Waals surface area (Å²) in [7, 11) is 1.29. The predicted molar refractivity (Wildman–Crippen MR) is 50.2 cm³/mol. The van der Waals surface area contributed by atoms with E-state index in [9.17, 15) is 15.0 Å². The van der Waals surface area contributed by atoms with E-state index >= 15 is 0 Å². The van der Waals surface area contributed by atoms with Crippen molar-refractivity contribution in [2.24, 2.45) is 0 Å². The van der Waals surface area contributed by atoms with Gasteiger partial charge in [-0.3, -0.25) is 4.79 Å². The van der Waals surface area contributed by atoms with E-state index in [0.29, 0.717) is 11.1 Å². The molecule has 0 saturated heterocycles. The summed E-state index contributed by atoms with van der Waals surface area (Å²) >= 11 is 0. The highest BCUT2D eigenvalue weighted by Gasteiger charge is 2.08. The molecule has 1 rings (SSSR count). The first-order valence-electron chi connectivity index (χ1n) is 4.13. The lowest BCUT2D eigenvalue weighted by Gasteiger charge is -2.05. The van der Waals surface area contributed by atoms with Gasteiger partial charge in [-0.1, -0.05) is 0 Å². The van der Waals surface area contributed by atoms with Gasteiger partial charge in [-0.25, -0.2) is 0 Å². The predicted octanol–water partition coefficient (Wildman–Crippen LogP) is 1.12. The second-order valence-corrected chi connectivity index (χ2v) is 3.01. The maximum atomic E-state index is 10.9. The molecule has 0 aromatic heterocycles. The minimum absolute atomic E-state index is 0.0242. The number of methoxy groups -OCH3 is 1. The van der Waals surface area contributed by atoms with Gasteiger partial charge in [0.25, 0.3) is 0 Å². The van der Waals surface area contributed by atoms with Crippen LogP contribution in [0.1, 0.15) is 11.1 Å². The van der Waals surface area contributed by atoms with E-state index in [4.69, 9.17) is 0 Å². The Bertz CT molecular complexity index is 334. The second-order valence-electron chi connectivity index (χ2n) is 3.01. The normalized spacial score (nSPS) is 9.86. The van der Waals surface area contributed by atoms with E-state index in [1.54, 1.807) is 6.92 Å². The van der Waals surface area contributed by atoms with Crippen LogP contribution >= 0.6 is 0 Å². The molecule has 4 nitrogen and oxygen atoms in total. The van der Waals surface area contributed by atoms with Gasteiger partial charge in [0.2, 0.25) is 0 Å². The molecule has 0 aliphatic carbocycles. The summed E-state index contributed by atoms with van der Waals surface area (Å²) in [4.78, 5) is 10.9. The number of phenolic OH excluding ortho intramolecular Hbond substituents is 2. The highest BCUT2D eigenvalue weighted by molar-refractivity contribution is 5.73. The maximum Gasteiger partial charge on any atom is 0.309 e. The Hall–Kier alpha value is -1.71. The van der Waals surface area contributed by atoms with E-state index in [1.807, 2.05) is 0 Å². The van der Waals surface area contributed by atoms with Crippen LogP contribution in [0.4, 0.5) is 0 Å². The van der Waals surface area contributed by atoms with E-state index in [0.717, 1.165) is 0 Å². The Morgan fingerprint density at radius 1 is 1.36 bits per heavy atom. The lowest BCUT2D eigenvalue weighted by Crippen LogP contribution is -2.04. The first kappa shape index (κ1) is 10.4. The summed E-state index contributed by atoms with van der Waals surface area (Å²) in [5.74, 6) is -0.458. The fraction of sp³-hybridized carbons (Fsp3) is 0.300. The van der Waals surface area contributed by atoms with Crippen molar-refractivity contribution in [3.05, 3.63) is 23.3 Å². The summed E-state index contributed by atoms with van der Waals surface area (Å²) in [5.41, 5.74) is 0.927. The Balaban J connectivity index is 2.95. The van der Waals surface area contributed by atoms with Crippen molar-refractivity contribution in [3.63, 3.8) is 0 Å². The van der Waals surface area contributed by atoms with Crippen LogP contribution in [0.25, 0.3) is 0 Å². The molecule has 1 aromatic rings. The van der Waals surface area contributed by atoms with Crippen molar-refractivity contribution in [1.82, 2.24) is 0 Å². The minimum Gasteiger partial charge on any atom is -0.508 e. The monoisotopic (exact) mass is 196 g/mol. The van der Waals surface area contributed by atoms with E-state index < -0.39 is 5.97 Å². The molecule has 2 N–H and O–H groups in total. The van der Waals surface area contributed by atoms with Gasteiger partial charge < -0.3 is 14.9 Å². The molecule has 76 valence electrons. The zero-order valence-corrected chi connectivity index (χ0v) is 8.07. The van der Waals surface area contributed by atoms with Crippen LogP contribution in [0, 0.1) is 6.92 Å². The van der Waals surface area contributed by atoms with Crippen LogP contribution < -0.4 is 0 Å². The van der Waals surface area contributed by atoms with Gasteiger partial charge in [0.05, 0.1) is 13.5 Å². The van der Waals surface area contributed by atoms with Crippen molar-refractivity contribution in [1.29, 1.82) is 0 Å². The molecule has 0 heterocycles. The van der Waals surface area contributed by atoms with E-state index in [-0.39, 0.29) is 17.9 Å². The van der Waals surface area contributed by atoms with Crippen molar-refractivity contribution in [2.75, 3.05) is 7.11 Å². The summed E-state index contributed by atoms with van der Waals surface area (Å²) < 4.78 is 4.46. The Labute approximate surface area is 81.8 Å². The van der Waals surface area contributed by atoms with Crippen LogP contribution in [0.2, 0.25) is 0 Å². The third-order valence-electron chi connectivity index (χ3n) is 1.99. The smallest absolute Gasteiger partial charge is 0.309 e. The number of ether oxygens (including phenoxy) is 1. The van der Waals surface area contributed by atoms with Gasteiger partial charge in [0.1, 0.15) is 11.5 Å². The van der Waals surface area contributed by atoms with Gasteiger partial charge in [-0.2, -0.15) is 0 Å². The van der Waals surface area contributed by atoms with Gasteiger partial charge >= 0.3 is 5.97 Å². The van der Waals surface area contributed by atoms with Gasteiger partial charge in [0.15, 0.2) is 0 Å². The van der Waals surface area contributed by atoms with Gasteiger partial charge in [-0.15, -0.1) is 0 Å². The molecule has 4 heteroatoms. The third kappa shape index (κ3) is 2.16. The lowest BCUT2D eigenvalue weighted by atomic mass is 10.1. The average Bonchev–Trinajstić information content (AvgIpc) is 2.14. The van der Waals surface area contributed by atoms with Crippen molar-refractivity contribution in [2.45, 2.75) is 13.3 Å². The third-order valence-corrected chi connectivity index (χ3v) is 1.99. The number of aromatic hydroxyl groups is 2. The number of hydrogen-bond donors (Lipinski definition) is 2. The molecule has 0 radical (unpaired) electrons. The van der Waals surface area contributed by atoms with Gasteiger partial charge in [-0.05, 0) is 24.6 Å². The van der Waals surface area contributed by atoms with Crippen LogP contribution in [-0.2, 0) is 16.0 Å². The summed E-state index contributed by atoms with van der Waals surface area (Å²) in [6.07, 6.45) is 0.0396. The largest absolute Gasteiger partial charge is 0.508 e. The molecule has 1 aromatic carbocycles. The van der Waals surface area contributed by atoms with Crippen molar-refractivity contribution in [3.8, 4) is 11.5 Å². The van der Waals surface area contributed by atoms with Crippen molar-refractivity contribution >= 4 is 5.97 Å². The highest BCUT2D eigenvalue weighted by Crippen LogP contribution is 2.27. The van der Waals surface area contributed by atoms with Crippen LogP contribution in [0.15, 0.2) is 12.1 Å². The molecular weight excluding hydrogens is 184 g/mol. The molecule has 0 spiro atoms. The topological polar surface area (TPSA) is 66.8 Å². The van der Waals surface area contributed by atoms with Crippen LogP contribution in [0.5, 0.6) is 11.5 Å². The number of esters is 1. The van der Waals surface area contributed by atoms with Gasteiger partial charge in [0, 0.05) is 5.56 Å². The number of rotatable bonds is 2. The lowest BCUT2D eigenvalue weighted by molar-refractivity contribution is -0.139. The average molecular weight is 196 g/mol. The van der Waals surface area contributed by atoms with E-state index in [2.05, 4.69) is 4.74 Å². The molecule has 0 saturated carbocycles. The maximum absolute atomic E-state index is 10.9. The molecule has 0 bridgehead atoms. The molecule has 0 fully saturated rings. The van der Waals surface area contributed by atoms with Crippen LogP contribution in [-0.4, -0.2) is 23.3 Å². The highest BCUT2D eigenvalue weighted by atomic mass is 16.5. The SMILES string of the molecule is COC(=O)Cc1cc(O)c(C)c(O)c1. The second kappa shape index (κ2) is 4.00. The molecule has 14 heavy (non-hydrogen) atoms. The fourth-order valence-corrected chi connectivity index (χ4v) is 1.08. The molecule has 0 unspecified atom stereocenters. The minimum atomic E-state index is -0.410. The zero-order chi connectivity index (χ0) is 10.7. The summed E-state index contributed by atoms with van der Waals surface area (Å²) in [6, 6.07) is 2.87. The number of benzene rings is 1. The number of phenols is 2. The quantitative estimate of drug-likeness (QED) is 0.695. The molecule has 0 amide bonds. The zero-order valence-electron chi connectivity index (χ0n) is 8.07. The first-order valence-corrected chi connectivity index (χ1v) is 4.13. The molecule has 0 aliphatic heterocycles. The van der Waals surface area contributed by atoms with Crippen LogP contribution in [0.3, 0.4) is 0 Å². The Morgan fingerprint density at radius 2 is 1.86 bits per heavy atom. The Kier molecular flexibility index (Phi) is 2.96. The fourth-order valence-electron chi connectivity index (χ4n) is 1.08. The molecule has 0 aliphatic rings. The number of carbonyl (C=O) groups excluding carboxylic acids is 1. The molecule has 0 atom stereocenters. The molecular formula is C10H12O4. The van der Waals surface area contributed by atoms with E-state index in [1.165, 1.54) is 19.2 Å². The first-order chi connectivity index (χ1) is 6.54. The summed E-state index contributed by atoms with van der Waals surface area (Å²) in [6.45, 7) is 1.59. The Morgan fingerprint density at radius 3 is 2.29 bits per heavy atom.